The number of nitrogens with zero attached hydrogens (tertiary/aromatic N) is 3. The first-order valence-electron chi connectivity index (χ1n) is 7.35. The van der Waals surface area contributed by atoms with Crippen molar-refractivity contribution in [3.63, 3.8) is 0 Å². The van der Waals surface area contributed by atoms with Crippen molar-refractivity contribution in [3.05, 3.63) is 42.7 Å². The summed E-state index contributed by atoms with van der Waals surface area (Å²) in [5, 5.41) is 12.5. The van der Waals surface area contributed by atoms with Crippen molar-refractivity contribution in [1.82, 2.24) is 9.97 Å². The molecule has 0 unspecified atom stereocenters. The third kappa shape index (κ3) is 3.16. The maximum absolute atomic E-state index is 12.3. The van der Waals surface area contributed by atoms with E-state index < -0.39 is 0 Å². The highest BCUT2D eigenvalue weighted by Crippen LogP contribution is 2.25. The number of para-hydroxylation sites is 2. The number of phenols is 1. The number of nitrogens with one attached hydrogen (secondary N) is 1. The van der Waals surface area contributed by atoms with Gasteiger partial charge in [0, 0.05) is 31.4 Å². The SMILES string of the molecule is O=C(Nc1ccccc1O)C1CCN(c2ncccn2)CC1. The largest absolute Gasteiger partial charge is 0.506 e. The highest BCUT2D eigenvalue weighted by Gasteiger charge is 2.26. The maximum atomic E-state index is 12.3. The monoisotopic (exact) mass is 298 g/mol. The second kappa shape index (κ2) is 6.43. The van der Waals surface area contributed by atoms with Crippen LogP contribution in [-0.4, -0.2) is 34.1 Å². The standard InChI is InChI=1S/C16H18N4O2/c21-14-5-2-1-4-13(14)19-15(22)12-6-10-20(11-7-12)16-17-8-3-9-18-16/h1-5,8-9,12,21H,6-7,10-11H2,(H,19,22). The molecule has 1 amide bonds. The Balaban J connectivity index is 1.57. The zero-order valence-corrected chi connectivity index (χ0v) is 12.1. The molecule has 3 rings (SSSR count). The Morgan fingerprint density at radius 3 is 2.50 bits per heavy atom. The van der Waals surface area contributed by atoms with Gasteiger partial charge in [0.2, 0.25) is 11.9 Å². The van der Waals surface area contributed by atoms with Crippen LogP contribution in [0.15, 0.2) is 42.7 Å². The van der Waals surface area contributed by atoms with Crippen molar-refractivity contribution in [2.45, 2.75) is 12.8 Å². The van der Waals surface area contributed by atoms with E-state index in [1.807, 2.05) is 0 Å². The summed E-state index contributed by atoms with van der Waals surface area (Å²) >= 11 is 0. The van der Waals surface area contributed by atoms with E-state index in [2.05, 4.69) is 20.2 Å². The van der Waals surface area contributed by atoms with Crippen LogP contribution in [0.1, 0.15) is 12.8 Å². The Bertz CT molecular complexity index is 640. The Kier molecular flexibility index (Phi) is 4.18. The van der Waals surface area contributed by atoms with Crippen LogP contribution in [0, 0.1) is 5.92 Å². The minimum absolute atomic E-state index is 0.0462. The van der Waals surface area contributed by atoms with Crippen molar-refractivity contribution in [3.8, 4) is 5.75 Å². The van der Waals surface area contributed by atoms with E-state index in [1.165, 1.54) is 0 Å². The fraction of sp³-hybridized carbons (Fsp3) is 0.312. The number of carbonyl (C=O) groups is 1. The number of rotatable bonds is 3. The molecule has 0 saturated carbocycles. The molecule has 1 aromatic carbocycles. The van der Waals surface area contributed by atoms with Crippen LogP contribution in [0.3, 0.4) is 0 Å². The van der Waals surface area contributed by atoms with Gasteiger partial charge in [-0.2, -0.15) is 0 Å². The lowest BCUT2D eigenvalue weighted by molar-refractivity contribution is -0.120. The van der Waals surface area contributed by atoms with E-state index in [9.17, 15) is 9.90 Å². The van der Waals surface area contributed by atoms with Crippen LogP contribution in [-0.2, 0) is 4.79 Å². The molecule has 2 N–H and O–H groups in total. The molecule has 1 saturated heterocycles. The average molecular weight is 298 g/mol. The van der Waals surface area contributed by atoms with Crippen LogP contribution in [0.2, 0.25) is 0 Å². The zero-order valence-electron chi connectivity index (χ0n) is 12.1. The molecule has 2 aromatic rings. The van der Waals surface area contributed by atoms with Crippen molar-refractivity contribution < 1.29 is 9.90 Å². The van der Waals surface area contributed by atoms with Crippen molar-refractivity contribution >= 4 is 17.5 Å². The average Bonchev–Trinajstić information content (AvgIpc) is 2.58. The number of aromatic hydroxyl groups is 1. The van der Waals surface area contributed by atoms with Crippen LogP contribution < -0.4 is 10.2 Å². The molecular formula is C16H18N4O2. The minimum atomic E-state index is -0.0560. The maximum Gasteiger partial charge on any atom is 0.227 e. The van der Waals surface area contributed by atoms with E-state index in [1.54, 1.807) is 42.7 Å². The van der Waals surface area contributed by atoms with Gasteiger partial charge in [-0.05, 0) is 31.0 Å². The molecule has 6 heteroatoms. The summed E-state index contributed by atoms with van der Waals surface area (Å²) in [4.78, 5) is 22.8. The molecule has 0 radical (unpaired) electrons. The number of amides is 1. The molecule has 0 aliphatic carbocycles. The van der Waals surface area contributed by atoms with Crippen LogP contribution in [0.5, 0.6) is 5.75 Å². The normalized spacial score (nSPS) is 15.5. The Morgan fingerprint density at radius 1 is 1.14 bits per heavy atom. The molecular weight excluding hydrogens is 280 g/mol. The first-order valence-corrected chi connectivity index (χ1v) is 7.35. The fourth-order valence-electron chi connectivity index (χ4n) is 2.61. The quantitative estimate of drug-likeness (QED) is 0.848. The van der Waals surface area contributed by atoms with Gasteiger partial charge in [-0.3, -0.25) is 4.79 Å². The molecule has 22 heavy (non-hydrogen) atoms. The summed E-state index contributed by atoms with van der Waals surface area (Å²) in [7, 11) is 0. The van der Waals surface area contributed by atoms with E-state index in [0.717, 1.165) is 25.9 Å². The summed E-state index contributed by atoms with van der Waals surface area (Å²) in [5.41, 5.74) is 0.460. The van der Waals surface area contributed by atoms with Gasteiger partial charge in [-0.1, -0.05) is 12.1 Å². The molecule has 1 aromatic heterocycles. The molecule has 0 spiro atoms. The molecule has 0 atom stereocenters. The molecule has 1 aliphatic heterocycles. The van der Waals surface area contributed by atoms with Gasteiger partial charge in [0.25, 0.3) is 0 Å². The molecule has 114 valence electrons. The summed E-state index contributed by atoms with van der Waals surface area (Å²) < 4.78 is 0. The third-order valence-electron chi connectivity index (χ3n) is 3.86. The van der Waals surface area contributed by atoms with Gasteiger partial charge in [0.1, 0.15) is 5.75 Å². The van der Waals surface area contributed by atoms with Gasteiger partial charge in [-0.25, -0.2) is 9.97 Å². The number of aromatic nitrogens is 2. The summed E-state index contributed by atoms with van der Waals surface area (Å²) in [6.07, 6.45) is 4.94. The second-order valence-electron chi connectivity index (χ2n) is 5.32. The predicted octanol–water partition coefficient (Wildman–Crippen LogP) is 2.04. The highest BCUT2D eigenvalue weighted by atomic mass is 16.3. The summed E-state index contributed by atoms with van der Waals surface area (Å²) in [5.74, 6) is 0.697. The first kappa shape index (κ1) is 14.3. The summed E-state index contributed by atoms with van der Waals surface area (Å²) in [6, 6.07) is 8.55. The third-order valence-corrected chi connectivity index (χ3v) is 3.86. The first-order chi connectivity index (χ1) is 10.7. The molecule has 1 aliphatic rings. The molecule has 2 heterocycles. The fourth-order valence-corrected chi connectivity index (χ4v) is 2.61. The number of piperidine rings is 1. The van der Waals surface area contributed by atoms with Crippen molar-refractivity contribution in [1.29, 1.82) is 0 Å². The highest BCUT2D eigenvalue weighted by molar-refractivity contribution is 5.94. The van der Waals surface area contributed by atoms with E-state index in [4.69, 9.17) is 0 Å². The Hall–Kier alpha value is -2.63. The van der Waals surface area contributed by atoms with Gasteiger partial charge in [0.05, 0.1) is 5.69 Å². The number of phenolic OH excluding ortho intramolecular Hbond substituents is 1. The number of hydrogen-bond donors (Lipinski definition) is 2. The van der Waals surface area contributed by atoms with Gasteiger partial charge >= 0.3 is 0 Å². The van der Waals surface area contributed by atoms with Crippen LogP contribution in [0.25, 0.3) is 0 Å². The number of hydrogen-bond acceptors (Lipinski definition) is 5. The Labute approximate surface area is 128 Å². The molecule has 1 fully saturated rings. The van der Waals surface area contributed by atoms with Gasteiger partial charge < -0.3 is 15.3 Å². The topological polar surface area (TPSA) is 78.4 Å². The lowest BCUT2D eigenvalue weighted by Crippen LogP contribution is -2.39. The Morgan fingerprint density at radius 2 is 1.82 bits per heavy atom. The molecule has 6 nitrogen and oxygen atoms in total. The lowest BCUT2D eigenvalue weighted by atomic mass is 9.96. The lowest BCUT2D eigenvalue weighted by Gasteiger charge is -2.31. The van der Waals surface area contributed by atoms with E-state index >= 15 is 0 Å². The van der Waals surface area contributed by atoms with Crippen LogP contribution >= 0.6 is 0 Å². The van der Waals surface area contributed by atoms with Crippen LogP contribution in [0.4, 0.5) is 11.6 Å². The van der Waals surface area contributed by atoms with E-state index in [-0.39, 0.29) is 17.6 Å². The van der Waals surface area contributed by atoms with Gasteiger partial charge in [0.15, 0.2) is 0 Å². The number of anilines is 2. The summed E-state index contributed by atoms with van der Waals surface area (Å²) in [6.45, 7) is 1.51. The van der Waals surface area contributed by atoms with Crippen molar-refractivity contribution in [2.24, 2.45) is 5.92 Å². The zero-order chi connectivity index (χ0) is 15.4. The van der Waals surface area contributed by atoms with Crippen molar-refractivity contribution in [2.75, 3.05) is 23.3 Å². The predicted molar refractivity (Wildman–Crippen MR) is 83.7 cm³/mol. The van der Waals surface area contributed by atoms with Gasteiger partial charge in [-0.15, -0.1) is 0 Å². The minimum Gasteiger partial charge on any atom is -0.506 e. The second-order valence-corrected chi connectivity index (χ2v) is 5.32. The smallest absolute Gasteiger partial charge is 0.227 e. The van der Waals surface area contributed by atoms with E-state index in [0.29, 0.717) is 11.6 Å². The molecule has 0 bridgehead atoms. The number of benzene rings is 1. The number of carbonyl (C=O) groups excluding carboxylic acids is 1.